The molecule has 0 amide bonds. The molecule has 14 rings (SSSR count). The predicted molar refractivity (Wildman–Crippen MR) is 297 cm³/mol. The van der Waals surface area contributed by atoms with Crippen molar-refractivity contribution in [2.75, 3.05) is 0 Å². The van der Waals surface area contributed by atoms with Crippen LogP contribution in [0.1, 0.15) is 11.1 Å². The van der Waals surface area contributed by atoms with Crippen molar-refractivity contribution in [3.8, 4) is 27.9 Å². The Hall–Kier alpha value is -9.10. The molecule has 10 aromatic carbocycles. The maximum Gasteiger partial charge on any atom is 0.161 e. The highest BCUT2D eigenvalue weighted by atomic mass is 32.1. The van der Waals surface area contributed by atoms with Crippen LogP contribution < -0.4 is 0 Å². The van der Waals surface area contributed by atoms with Gasteiger partial charge in [0.1, 0.15) is 17.0 Å². The Morgan fingerprint density at radius 3 is 1.94 bits per heavy atom. The van der Waals surface area contributed by atoms with E-state index in [0.29, 0.717) is 11.7 Å². The molecule has 0 spiro atoms. The van der Waals surface area contributed by atoms with Crippen LogP contribution in [-0.2, 0) is 0 Å². The Kier molecular flexibility index (Phi) is 9.16. The summed E-state index contributed by atoms with van der Waals surface area (Å²) in [6.07, 6.45) is 1.87. The minimum absolute atomic E-state index is 0.581. The van der Waals surface area contributed by atoms with Gasteiger partial charge in [0, 0.05) is 70.0 Å². The monoisotopic (exact) mass is 912 g/mol. The summed E-state index contributed by atoms with van der Waals surface area (Å²) in [5.41, 5.74) is 13.7. The molecule has 0 saturated heterocycles. The third kappa shape index (κ3) is 6.45. The van der Waals surface area contributed by atoms with E-state index in [1.165, 1.54) is 42.0 Å². The zero-order chi connectivity index (χ0) is 46.3. The van der Waals surface area contributed by atoms with Crippen molar-refractivity contribution in [1.82, 2.24) is 9.13 Å². The minimum Gasteiger partial charge on any atom is -0.456 e. The van der Waals surface area contributed by atoms with E-state index in [-0.39, 0.29) is 0 Å². The topological polar surface area (TPSA) is 47.7 Å². The lowest BCUT2D eigenvalue weighted by Crippen LogP contribution is -2.02. The van der Waals surface area contributed by atoms with Crippen LogP contribution in [-0.4, -0.2) is 21.2 Å². The van der Waals surface area contributed by atoms with Crippen LogP contribution in [0.2, 0.25) is 0 Å². The zero-order valence-corrected chi connectivity index (χ0v) is 38.6. The molecule has 328 valence electrons. The molecule has 70 heavy (non-hydrogen) atoms. The average molecular weight is 913 g/mol. The Morgan fingerprint density at radius 1 is 0.457 bits per heavy atom. The molecule has 0 fully saturated rings. The largest absolute Gasteiger partial charge is 0.456 e. The first-order valence-electron chi connectivity index (χ1n) is 23.5. The fourth-order valence-corrected chi connectivity index (χ4v) is 11.7. The first-order valence-corrected chi connectivity index (χ1v) is 24.3. The van der Waals surface area contributed by atoms with E-state index in [0.717, 1.165) is 82.8 Å². The van der Waals surface area contributed by atoms with E-state index >= 15 is 0 Å². The molecule has 14 aromatic rings. The normalized spacial score (nSPS) is 12.4. The second-order valence-corrected chi connectivity index (χ2v) is 18.9. The molecule has 0 radical (unpaired) electrons. The summed E-state index contributed by atoms with van der Waals surface area (Å²) in [6, 6.07) is 79.5. The number of amidine groups is 1. The molecule has 0 aliphatic heterocycles. The van der Waals surface area contributed by atoms with E-state index in [4.69, 9.17) is 14.4 Å². The number of furan rings is 1. The van der Waals surface area contributed by atoms with Crippen LogP contribution in [0.25, 0.3) is 119 Å². The molecule has 0 aliphatic carbocycles. The summed E-state index contributed by atoms with van der Waals surface area (Å²) in [4.78, 5) is 10.2. The quantitative estimate of drug-likeness (QED) is 0.116. The number of hydrogen-bond acceptors (Lipinski definition) is 3. The fraction of sp³-hybridized carbons (Fsp3) is 0. The number of nitrogens with zero attached hydrogens (tertiary/aromatic N) is 4. The van der Waals surface area contributed by atoms with Gasteiger partial charge in [-0.1, -0.05) is 152 Å². The van der Waals surface area contributed by atoms with Gasteiger partial charge in [-0.2, -0.15) is 0 Å². The molecule has 0 atom stereocenters. The summed E-state index contributed by atoms with van der Waals surface area (Å²) in [6.45, 7) is 4.66. The number of aromatic nitrogens is 2. The van der Waals surface area contributed by atoms with Gasteiger partial charge >= 0.3 is 0 Å². The Labute approximate surface area is 406 Å². The number of rotatable bonds is 7. The van der Waals surface area contributed by atoms with Crippen LogP contribution in [0, 0.1) is 0 Å². The standard InChI is InChI=1S/C64H40N4OS/c1-40(66-64(42-18-7-3-8-19-42)65-39-41-16-5-2-6-17-41)67-56-31-28-43(34-51(56)52-38-62-53(37-58(52)67)49-23-12-14-27-61(49)70-62)44-30-33-59-54(35-44)63-47(24-15-26-60(63)69-59)45-29-32-57-50(36-45)48-22-11-13-25-55(48)68(57)46-20-9-4-10-21-46/h2-39H,1H2. The van der Waals surface area contributed by atoms with Gasteiger partial charge in [-0.25, -0.2) is 9.98 Å². The van der Waals surface area contributed by atoms with E-state index in [1.54, 1.807) is 0 Å². The van der Waals surface area contributed by atoms with E-state index in [1.807, 2.05) is 78.2 Å². The van der Waals surface area contributed by atoms with Gasteiger partial charge in [-0.15, -0.1) is 11.3 Å². The van der Waals surface area contributed by atoms with Gasteiger partial charge in [0.2, 0.25) is 0 Å². The highest BCUT2D eigenvalue weighted by Gasteiger charge is 2.20. The molecule has 0 saturated carbocycles. The van der Waals surface area contributed by atoms with E-state index in [9.17, 15) is 0 Å². The average Bonchev–Trinajstić information content (AvgIpc) is 4.17. The zero-order valence-electron chi connectivity index (χ0n) is 37.8. The third-order valence-corrected chi connectivity index (χ3v) is 14.9. The Morgan fingerprint density at radius 2 is 1.10 bits per heavy atom. The number of thiophene rings is 1. The lowest BCUT2D eigenvalue weighted by atomic mass is 9.96. The highest BCUT2D eigenvalue weighted by Crippen LogP contribution is 2.44. The molecule has 0 aliphatic rings. The summed E-state index contributed by atoms with van der Waals surface area (Å²) in [7, 11) is 0. The number of hydrogen-bond donors (Lipinski definition) is 0. The van der Waals surface area contributed by atoms with Gasteiger partial charge in [0.05, 0.1) is 22.1 Å². The van der Waals surface area contributed by atoms with Crippen LogP contribution in [0.3, 0.4) is 0 Å². The summed E-state index contributed by atoms with van der Waals surface area (Å²) in [5, 5.41) is 9.35. The molecule has 0 bridgehead atoms. The SMILES string of the molecule is C=C(N=C(N=Cc1ccccc1)c1ccccc1)n1c2ccc(-c3ccc4oc5cccc(-c6ccc7c(c6)c6ccccc6n7-c6ccccc6)c5c4c3)cc2c2cc3sc4ccccc4c3cc21. The molecule has 0 unspecified atom stereocenters. The van der Waals surface area contributed by atoms with Crippen LogP contribution in [0.15, 0.2) is 245 Å². The number of benzene rings is 10. The van der Waals surface area contributed by atoms with Crippen LogP contribution >= 0.6 is 11.3 Å². The van der Waals surface area contributed by atoms with Gasteiger partial charge < -0.3 is 8.98 Å². The maximum absolute atomic E-state index is 6.62. The summed E-state index contributed by atoms with van der Waals surface area (Å²) < 4.78 is 13.7. The highest BCUT2D eigenvalue weighted by molar-refractivity contribution is 7.25. The molecule has 4 heterocycles. The van der Waals surface area contributed by atoms with Crippen LogP contribution in [0.5, 0.6) is 0 Å². The molecule has 6 heteroatoms. The van der Waals surface area contributed by atoms with Gasteiger partial charge in [0.15, 0.2) is 5.84 Å². The molecule has 4 aromatic heterocycles. The van der Waals surface area contributed by atoms with Gasteiger partial charge in [-0.3, -0.25) is 4.57 Å². The Balaban J connectivity index is 0.930. The predicted octanol–water partition coefficient (Wildman–Crippen LogP) is 17.5. The minimum atomic E-state index is 0.581. The van der Waals surface area contributed by atoms with Crippen molar-refractivity contribution in [3.63, 3.8) is 0 Å². The van der Waals surface area contributed by atoms with Gasteiger partial charge in [-0.05, 0) is 107 Å². The molecule has 5 nitrogen and oxygen atoms in total. The number of fused-ring (bicyclic) bond motifs is 12. The van der Waals surface area contributed by atoms with E-state index in [2.05, 4.69) is 180 Å². The molecular formula is C64H40N4OS. The second-order valence-electron chi connectivity index (χ2n) is 17.8. The second kappa shape index (κ2) is 16.0. The van der Waals surface area contributed by atoms with Crippen molar-refractivity contribution >= 4 is 115 Å². The molecular weight excluding hydrogens is 873 g/mol. The Bertz CT molecular complexity index is 4480. The van der Waals surface area contributed by atoms with Crippen molar-refractivity contribution in [1.29, 1.82) is 0 Å². The van der Waals surface area contributed by atoms with Crippen molar-refractivity contribution in [2.45, 2.75) is 0 Å². The van der Waals surface area contributed by atoms with Crippen molar-refractivity contribution in [2.24, 2.45) is 9.98 Å². The lowest BCUT2D eigenvalue weighted by Gasteiger charge is -2.10. The maximum atomic E-state index is 6.62. The first kappa shape index (κ1) is 40.0. The van der Waals surface area contributed by atoms with E-state index < -0.39 is 0 Å². The van der Waals surface area contributed by atoms with Gasteiger partial charge in [0.25, 0.3) is 0 Å². The third-order valence-electron chi connectivity index (χ3n) is 13.8. The van der Waals surface area contributed by atoms with Crippen molar-refractivity contribution < 1.29 is 4.42 Å². The van der Waals surface area contributed by atoms with Crippen molar-refractivity contribution in [3.05, 3.63) is 242 Å². The number of para-hydroxylation sites is 2. The smallest absolute Gasteiger partial charge is 0.161 e. The summed E-state index contributed by atoms with van der Waals surface area (Å²) in [5.74, 6) is 1.17. The summed E-state index contributed by atoms with van der Waals surface area (Å²) >= 11 is 1.83. The fourth-order valence-electron chi connectivity index (χ4n) is 10.5. The molecule has 0 N–H and O–H groups in total. The van der Waals surface area contributed by atoms with Crippen LogP contribution in [0.4, 0.5) is 0 Å². The lowest BCUT2D eigenvalue weighted by molar-refractivity contribution is 0.669. The number of aliphatic imine (C=N–C) groups is 2. The first-order chi connectivity index (χ1) is 34.6.